The Morgan fingerprint density at radius 1 is 0.864 bits per heavy atom. The largest absolute Gasteiger partial charge is 0.352 e. The first-order valence-electron chi connectivity index (χ1n) is 15.7. The predicted molar refractivity (Wildman–Crippen MR) is 179 cm³/mol. The highest BCUT2D eigenvalue weighted by molar-refractivity contribution is 9.10. The first kappa shape index (κ1) is 30.1. The number of halogens is 1. The molecule has 1 aliphatic heterocycles. The summed E-state index contributed by atoms with van der Waals surface area (Å²) in [4.78, 5) is 45.0. The van der Waals surface area contributed by atoms with Gasteiger partial charge in [-0.15, -0.1) is 0 Å². The lowest BCUT2D eigenvalue weighted by Crippen LogP contribution is -2.52. The second-order valence-corrected chi connectivity index (χ2v) is 12.9. The summed E-state index contributed by atoms with van der Waals surface area (Å²) >= 11 is 3.51. The van der Waals surface area contributed by atoms with Crippen molar-refractivity contribution in [3.63, 3.8) is 0 Å². The number of amides is 3. The summed E-state index contributed by atoms with van der Waals surface area (Å²) in [6.07, 6.45) is 6.54. The maximum absolute atomic E-state index is 14.1. The van der Waals surface area contributed by atoms with Gasteiger partial charge in [-0.25, -0.2) is 0 Å². The molecule has 1 heterocycles. The van der Waals surface area contributed by atoms with Gasteiger partial charge in [-0.05, 0) is 60.0 Å². The fourth-order valence-electron chi connectivity index (χ4n) is 6.62. The maximum atomic E-state index is 14.1. The monoisotopic (exact) mass is 651 g/mol. The van der Waals surface area contributed by atoms with Crippen LogP contribution >= 0.6 is 15.9 Å². The van der Waals surface area contributed by atoms with Crippen LogP contribution in [0.5, 0.6) is 0 Å². The highest BCUT2D eigenvalue weighted by Gasteiger charge is 2.33. The molecule has 7 heteroatoms. The van der Waals surface area contributed by atoms with Crippen LogP contribution in [0, 0.1) is 0 Å². The van der Waals surface area contributed by atoms with E-state index in [1.807, 2.05) is 91.0 Å². The van der Waals surface area contributed by atoms with E-state index in [2.05, 4.69) is 21.2 Å². The number of benzene rings is 4. The molecule has 6 nitrogen and oxygen atoms in total. The highest BCUT2D eigenvalue weighted by Crippen LogP contribution is 2.37. The van der Waals surface area contributed by atoms with E-state index in [9.17, 15) is 14.4 Å². The first-order valence-corrected chi connectivity index (χ1v) is 16.5. The van der Waals surface area contributed by atoms with Crippen molar-refractivity contribution < 1.29 is 14.4 Å². The van der Waals surface area contributed by atoms with Crippen LogP contribution in [0.1, 0.15) is 66.4 Å². The summed E-state index contributed by atoms with van der Waals surface area (Å²) in [5, 5.41) is 5.32. The Balaban J connectivity index is 1.23. The second kappa shape index (κ2) is 13.8. The van der Waals surface area contributed by atoms with Crippen LogP contribution in [0.25, 0.3) is 10.8 Å². The normalized spacial score (nSPS) is 15.4. The van der Waals surface area contributed by atoms with E-state index < -0.39 is 6.04 Å². The van der Waals surface area contributed by atoms with Gasteiger partial charge >= 0.3 is 0 Å². The first-order chi connectivity index (χ1) is 21.5. The van der Waals surface area contributed by atoms with Crippen molar-refractivity contribution in [1.29, 1.82) is 0 Å². The zero-order valence-electron chi connectivity index (χ0n) is 24.9. The molecule has 2 aliphatic rings. The summed E-state index contributed by atoms with van der Waals surface area (Å²) in [6, 6.07) is 29.1. The fraction of sp³-hybridized carbons (Fsp3) is 0.324. The minimum Gasteiger partial charge on any atom is -0.352 e. The van der Waals surface area contributed by atoms with Crippen LogP contribution in [0.4, 0.5) is 5.69 Å². The van der Waals surface area contributed by atoms with Gasteiger partial charge in [-0.2, -0.15) is 0 Å². The molecule has 0 spiro atoms. The van der Waals surface area contributed by atoms with E-state index in [4.69, 9.17) is 0 Å². The average molecular weight is 653 g/mol. The molecule has 1 N–H and O–H groups in total. The molecule has 4 aromatic carbocycles. The molecule has 0 saturated heterocycles. The molecule has 4 aromatic rings. The Bertz CT molecular complexity index is 1630. The molecule has 3 amide bonds. The van der Waals surface area contributed by atoms with Gasteiger partial charge in [0.15, 0.2) is 0 Å². The van der Waals surface area contributed by atoms with Crippen LogP contribution in [-0.2, 0) is 22.6 Å². The van der Waals surface area contributed by atoms with Crippen molar-refractivity contribution >= 4 is 50.1 Å². The minimum atomic E-state index is -0.651. The molecule has 0 aromatic heterocycles. The van der Waals surface area contributed by atoms with Crippen LogP contribution in [0.15, 0.2) is 95.5 Å². The third-order valence-corrected chi connectivity index (χ3v) is 9.44. The average Bonchev–Trinajstić information content (AvgIpc) is 3.32. The van der Waals surface area contributed by atoms with E-state index in [0.717, 1.165) is 57.7 Å². The van der Waals surface area contributed by atoms with Gasteiger partial charge < -0.3 is 15.1 Å². The van der Waals surface area contributed by atoms with E-state index in [0.29, 0.717) is 31.5 Å². The standard InChI is InChI=1S/C37H38BrN3O3/c38-29-21-19-27(20-22-29)25-41(33(24-26-10-3-1-4-11-26)36(43)39-30-14-5-2-6-15-30)34(42)18-9-23-40-32-17-8-13-28-12-7-16-31(35(28)32)37(40)44/h1,3-4,7-8,10-13,16-17,19-22,30,33H,2,5-6,9,14-15,18,23-25H2,(H,39,43). The number of rotatable bonds is 11. The third kappa shape index (κ3) is 6.73. The van der Waals surface area contributed by atoms with Gasteiger partial charge in [0, 0.05) is 47.4 Å². The van der Waals surface area contributed by atoms with Gasteiger partial charge in [0.1, 0.15) is 6.04 Å². The SMILES string of the molecule is O=C(NC1CCCCC1)C(Cc1ccccc1)N(Cc1ccc(Br)cc1)C(=O)CCCN1C(=O)c2cccc3cccc1c23. The van der Waals surface area contributed by atoms with Gasteiger partial charge in [0.2, 0.25) is 11.8 Å². The lowest BCUT2D eigenvalue weighted by molar-refractivity contribution is -0.141. The highest BCUT2D eigenvalue weighted by atomic mass is 79.9. The Kier molecular flexibility index (Phi) is 9.41. The van der Waals surface area contributed by atoms with Crippen molar-refractivity contribution in [2.45, 2.75) is 70.0 Å². The lowest BCUT2D eigenvalue weighted by Gasteiger charge is -2.33. The molecule has 1 unspecified atom stereocenters. The number of anilines is 1. The van der Waals surface area contributed by atoms with E-state index >= 15 is 0 Å². The van der Waals surface area contributed by atoms with Gasteiger partial charge in [-0.1, -0.05) is 102 Å². The number of nitrogens with zero attached hydrogens (tertiary/aromatic N) is 2. The van der Waals surface area contributed by atoms with Crippen LogP contribution in [0.2, 0.25) is 0 Å². The fourth-order valence-corrected chi connectivity index (χ4v) is 6.88. The Labute approximate surface area is 267 Å². The summed E-state index contributed by atoms with van der Waals surface area (Å²) in [5.74, 6) is -0.206. The molecule has 6 rings (SSSR count). The predicted octanol–water partition coefficient (Wildman–Crippen LogP) is 7.43. The maximum Gasteiger partial charge on any atom is 0.258 e. The van der Waals surface area contributed by atoms with Gasteiger partial charge in [0.25, 0.3) is 5.91 Å². The third-order valence-electron chi connectivity index (χ3n) is 8.91. The topological polar surface area (TPSA) is 69.7 Å². The van der Waals surface area contributed by atoms with Crippen molar-refractivity contribution in [2.75, 3.05) is 11.4 Å². The number of carbonyl (C=O) groups is 3. The summed E-state index contributed by atoms with van der Waals surface area (Å²) in [7, 11) is 0. The van der Waals surface area contributed by atoms with E-state index in [1.165, 1.54) is 6.42 Å². The van der Waals surface area contributed by atoms with Crippen LogP contribution < -0.4 is 10.2 Å². The molecule has 1 atom stereocenters. The van der Waals surface area contributed by atoms with Crippen LogP contribution in [0.3, 0.4) is 0 Å². The van der Waals surface area contributed by atoms with Crippen molar-refractivity contribution in [2.24, 2.45) is 0 Å². The smallest absolute Gasteiger partial charge is 0.258 e. The number of hydrogen-bond donors (Lipinski definition) is 1. The molecule has 1 fully saturated rings. The molecule has 44 heavy (non-hydrogen) atoms. The summed E-state index contributed by atoms with van der Waals surface area (Å²) < 4.78 is 0.960. The Morgan fingerprint density at radius 3 is 2.34 bits per heavy atom. The van der Waals surface area contributed by atoms with Gasteiger partial charge in [0.05, 0.1) is 5.69 Å². The van der Waals surface area contributed by atoms with Crippen molar-refractivity contribution in [3.8, 4) is 0 Å². The number of nitrogens with one attached hydrogen (secondary N) is 1. The zero-order chi connectivity index (χ0) is 30.5. The number of hydrogen-bond acceptors (Lipinski definition) is 3. The van der Waals surface area contributed by atoms with Crippen LogP contribution in [-0.4, -0.2) is 41.2 Å². The second-order valence-electron chi connectivity index (χ2n) is 11.9. The van der Waals surface area contributed by atoms with Crippen molar-refractivity contribution in [1.82, 2.24) is 10.2 Å². The molecule has 0 radical (unpaired) electrons. The lowest BCUT2D eigenvalue weighted by atomic mass is 9.94. The van der Waals surface area contributed by atoms with E-state index in [1.54, 1.807) is 9.80 Å². The molecule has 1 aliphatic carbocycles. The quantitative estimate of drug-likeness (QED) is 0.183. The Hall–Kier alpha value is -3.97. The molecule has 226 valence electrons. The molecule has 1 saturated carbocycles. The zero-order valence-corrected chi connectivity index (χ0v) is 26.5. The van der Waals surface area contributed by atoms with Crippen molar-refractivity contribution in [3.05, 3.63) is 112 Å². The number of carbonyl (C=O) groups excluding carboxylic acids is 3. The minimum absolute atomic E-state index is 0.0234. The van der Waals surface area contributed by atoms with E-state index in [-0.39, 0.29) is 30.2 Å². The van der Waals surface area contributed by atoms with Gasteiger partial charge in [-0.3, -0.25) is 14.4 Å². The molecular formula is C37H38BrN3O3. The molecule has 0 bridgehead atoms. The molecular weight excluding hydrogens is 614 g/mol. The Morgan fingerprint density at radius 2 is 1.59 bits per heavy atom. The summed E-state index contributed by atoms with van der Waals surface area (Å²) in [5.41, 5.74) is 3.58. The summed E-state index contributed by atoms with van der Waals surface area (Å²) in [6.45, 7) is 0.761.